The van der Waals surface area contributed by atoms with Crippen molar-refractivity contribution in [3.8, 4) is 0 Å². The topological polar surface area (TPSA) is 43.8 Å². The molecule has 3 aliphatic rings. The predicted molar refractivity (Wildman–Crippen MR) is 91.2 cm³/mol. The predicted octanol–water partition coefficient (Wildman–Crippen LogP) is 2.14. The first-order chi connectivity index (χ1) is 11.0. The SMILES string of the molecule is CN(C)C1C2CN(C(=O)C(O)(c3cccs3)C3CCCC3)CC21. The number of fused-ring (bicyclic) bond motifs is 1. The van der Waals surface area contributed by atoms with E-state index in [0.29, 0.717) is 17.9 Å². The van der Waals surface area contributed by atoms with Crippen LogP contribution in [0, 0.1) is 17.8 Å². The van der Waals surface area contributed by atoms with E-state index in [-0.39, 0.29) is 11.8 Å². The summed E-state index contributed by atoms with van der Waals surface area (Å²) in [5, 5.41) is 13.4. The molecule has 1 aromatic rings. The van der Waals surface area contributed by atoms with E-state index in [2.05, 4.69) is 19.0 Å². The Balaban J connectivity index is 1.55. The molecule has 0 bridgehead atoms. The van der Waals surface area contributed by atoms with Gasteiger partial charge in [-0.25, -0.2) is 0 Å². The van der Waals surface area contributed by atoms with Crippen molar-refractivity contribution in [3.63, 3.8) is 0 Å². The van der Waals surface area contributed by atoms with Crippen LogP contribution in [0.4, 0.5) is 0 Å². The number of piperidine rings is 1. The summed E-state index contributed by atoms with van der Waals surface area (Å²) in [7, 11) is 4.24. The fourth-order valence-electron chi connectivity index (χ4n) is 4.99. The van der Waals surface area contributed by atoms with E-state index in [1.165, 1.54) is 11.3 Å². The summed E-state index contributed by atoms with van der Waals surface area (Å²) in [5.41, 5.74) is -1.30. The Morgan fingerprint density at radius 1 is 1.30 bits per heavy atom. The molecule has 1 aromatic heterocycles. The van der Waals surface area contributed by atoms with E-state index in [1.54, 1.807) is 0 Å². The molecule has 0 aromatic carbocycles. The maximum Gasteiger partial charge on any atom is 0.260 e. The molecule has 1 amide bonds. The van der Waals surface area contributed by atoms with Gasteiger partial charge in [0.2, 0.25) is 0 Å². The molecular formula is C18H26N2O2S. The minimum atomic E-state index is -1.30. The van der Waals surface area contributed by atoms with E-state index in [4.69, 9.17) is 0 Å². The minimum Gasteiger partial charge on any atom is -0.374 e. The fourth-order valence-corrected chi connectivity index (χ4v) is 5.88. The van der Waals surface area contributed by atoms with Gasteiger partial charge in [-0.1, -0.05) is 18.9 Å². The van der Waals surface area contributed by atoms with Crippen LogP contribution in [0.2, 0.25) is 0 Å². The monoisotopic (exact) mass is 334 g/mol. The average Bonchev–Trinajstić information content (AvgIpc) is 3.09. The molecule has 0 spiro atoms. The molecule has 1 N–H and O–H groups in total. The summed E-state index contributed by atoms with van der Waals surface area (Å²) in [4.78, 5) is 18.3. The standard InChI is InChI=1S/C18H26N2O2S/c1-19(2)16-13-10-20(11-14(13)16)17(21)18(22,12-6-3-4-7-12)15-8-5-9-23-15/h5,8-9,12-14,16,22H,3-4,6-7,10-11H2,1-2H3. The molecule has 0 radical (unpaired) electrons. The molecule has 23 heavy (non-hydrogen) atoms. The molecule has 1 aliphatic heterocycles. The van der Waals surface area contributed by atoms with Crippen LogP contribution in [-0.2, 0) is 10.4 Å². The van der Waals surface area contributed by atoms with Gasteiger partial charge >= 0.3 is 0 Å². The number of hydrogen-bond donors (Lipinski definition) is 1. The highest BCUT2D eigenvalue weighted by Gasteiger charge is 2.60. The normalized spacial score (nSPS) is 33.0. The van der Waals surface area contributed by atoms with Crippen LogP contribution < -0.4 is 0 Å². The van der Waals surface area contributed by atoms with E-state index >= 15 is 0 Å². The summed E-state index contributed by atoms with van der Waals surface area (Å²) in [6.45, 7) is 1.62. The third-order valence-corrected chi connectivity index (χ3v) is 7.20. The van der Waals surface area contributed by atoms with Gasteiger partial charge in [-0.15, -0.1) is 11.3 Å². The zero-order valence-electron chi connectivity index (χ0n) is 13.9. The Morgan fingerprint density at radius 2 is 1.96 bits per heavy atom. The third-order valence-electron chi connectivity index (χ3n) is 6.20. The molecule has 3 fully saturated rings. The van der Waals surface area contributed by atoms with Crippen molar-refractivity contribution in [1.29, 1.82) is 0 Å². The quantitative estimate of drug-likeness (QED) is 0.917. The average molecular weight is 334 g/mol. The number of thiophene rings is 1. The third kappa shape index (κ3) is 2.36. The zero-order valence-corrected chi connectivity index (χ0v) is 14.8. The first-order valence-electron chi connectivity index (χ1n) is 8.75. The highest BCUT2D eigenvalue weighted by atomic mass is 32.1. The Morgan fingerprint density at radius 3 is 2.48 bits per heavy atom. The lowest BCUT2D eigenvalue weighted by Crippen LogP contribution is -2.51. The molecule has 2 saturated carbocycles. The van der Waals surface area contributed by atoms with E-state index in [9.17, 15) is 9.90 Å². The lowest BCUT2D eigenvalue weighted by Gasteiger charge is -2.36. The molecular weight excluding hydrogens is 308 g/mol. The molecule has 3 atom stereocenters. The van der Waals surface area contributed by atoms with Crippen LogP contribution in [-0.4, -0.2) is 54.0 Å². The van der Waals surface area contributed by atoms with Crippen LogP contribution in [0.15, 0.2) is 17.5 Å². The van der Waals surface area contributed by atoms with Gasteiger partial charge in [-0.2, -0.15) is 0 Å². The first-order valence-corrected chi connectivity index (χ1v) is 9.63. The summed E-state index contributed by atoms with van der Waals surface area (Å²) in [6.07, 6.45) is 4.17. The van der Waals surface area contributed by atoms with Gasteiger partial charge in [0, 0.05) is 29.9 Å². The van der Waals surface area contributed by atoms with E-state index in [1.807, 2.05) is 22.4 Å². The zero-order chi connectivity index (χ0) is 16.2. The summed E-state index contributed by atoms with van der Waals surface area (Å²) >= 11 is 1.52. The van der Waals surface area contributed by atoms with Crippen molar-refractivity contribution in [2.75, 3.05) is 27.2 Å². The van der Waals surface area contributed by atoms with Gasteiger partial charge in [0.05, 0.1) is 0 Å². The molecule has 126 valence electrons. The second kappa shape index (κ2) is 5.57. The second-order valence-electron chi connectivity index (χ2n) is 7.72. The molecule has 4 rings (SSSR count). The van der Waals surface area contributed by atoms with Gasteiger partial charge in [-0.05, 0) is 50.2 Å². The number of aliphatic hydroxyl groups is 1. The van der Waals surface area contributed by atoms with Crippen molar-refractivity contribution in [1.82, 2.24) is 9.80 Å². The number of amides is 1. The van der Waals surface area contributed by atoms with Crippen LogP contribution >= 0.6 is 11.3 Å². The molecule has 5 heteroatoms. The highest BCUT2D eigenvalue weighted by molar-refractivity contribution is 7.10. The van der Waals surface area contributed by atoms with Gasteiger partial charge in [0.15, 0.2) is 5.60 Å². The molecule has 1 saturated heterocycles. The summed E-state index contributed by atoms with van der Waals surface area (Å²) in [5.74, 6) is 1.24. The number of likely N-dealkylation sites (tertiary alicyclic amines) is 1. The Labute approximate surface area is 142 Å². The minimum absolute atomic E-state index is 0.0449. The maximum atomic E-state index is 13.3. The largest absolute Gasteiger partial charge is 0.374 e. The van der Waals surface area contributed by atoms with E-state index < -0.39 is 5.60 Å². The van der Waals surface area contributed by atoms with E-state index in [0.717, 1.165) is 43.6 Å². The fraction of sp³-hybridized carbons (Fsp3) is 0.722. The second-order valence-corrected chi connectivity index (χ2v) is 8.66. The number of carbonyl (C=O) groups excluding carboxylic acids is 1. The van der Waals surface area contributed by atoms with Gasteiger partial charge in [0.1, 0.15) is 0 Å². The lowest BCUT2D eigenvalue weighted by molar-refractivity contribution is -0.158. The van der Waals surface area contributed by atoms with Gasteiger partial charge < -0.3 is 14.9 Å². The summed E-state index contributed by atoms with van der Waals surface area (Å²) < 4.78 is 0. The summed E-state index contributed by atoms with van der Waals surface area (Å²) in [6, 6.07) is 4.50. The lowest BCUT2D eigenvalue weighted by atomic mass is 9.83. The maximum absolute atomic E-state index is 13.3. The molecule has 2 heterocycles. The van der Waals surface area contributed by atoms with Crippen LogP contribution in [0.1, 0.15) is 30.6 Å². The van der Waals surface area contributed by atoms with Crippen molar-refractivity contribution < 1.29 is 9.90 Å². The van der Waals surface area contributed by atoms with Crippen molar-refractivity contribution >= 4 is 17.2 Å². The van der Waals surface area contributed by atoms with Crippen molar-refractivity contribution in [2.45, 2.75) is 37.3 Å². The van der Waals surface area contributed by atoms with Crippen LogP contribution in [0.3, 0.4) is 0 Å². The number of rotatable bonds is 4. The van der Waals surface area contributed by atoms with Gasteiger partial charge in [0.25, 0.3) is 5.91 Å². The van der Waals surface area contributed by atoms with Crippen molar-refractivity contribution in [3.05, 3.63) is 22.4 Å². The number of carbonyl (C=O) groups is 1. The van der Waals surface area contributed by atoms with Crippen LogP contribution in [0.5, 0.6) is 0 Å². The van der Waals surface area contributed by atoms with Crippen molar-refractivity contribution in [2.24, 2.45) is 17.8 Å². The molecule has 4 nitrogen and oxygen atoms in total. The Hall–Kier alpha value is -0.910. The first kappa shape index (κ1) is 15.6. The van der Waals surface area contributed by atoms with Gasteiger partial charge in [-0.3, -0.25) is 4.79 Å². The highest BCUT2D eigenvalue weighted by Crippen LogP contribution is 2.50. The molecule has 3 unspecified atom stereocenters. The molecule has 2 aliphatic carbocycles. The smallest absolute Gasteiger partial charge is 0.260 e. The number of hydrogen-bond acceptors (Lipinski definition) is 4. The number of nitrogens with zero attached hydrogens (tertiary/aromatic N) is 2. The Bertz CT molecular complexity index is 570. The Kier molecular flexibility index (Phi) is 3.78. The van der Waals surface area contributed by atoms with Crippen LogP contribution in [0.25, 0.3) is 0 Å².